The SMILES string of the molecule is CCCO.N=C=O. The van der Waals surface area contributed by atoms with Crippen molar-refractivity contribution >= 4 is 6.08 Å². The van der Waals surface area contributed by atoms with Crippen LogP contribution in [0.1, 0.15) is 13.3 Å². The molecular formula is C4H9NO2. The highest BCUT2D eigenvalue weighted by molar-refractivity contribution is 5.26. The number of nitrogens with one attached hydrogen (secondary N) is 1. The molecule has 0 unspecified atom stereocenters. The smallest absolute Gasteiger partial charge is 0.231 e. The summed E-state index contributed by atoms with van der Waals surface area (Å²) < 4.78 is 0. The Hall–Kier alpha value is -0.660. The van der Waals surface area contributed by atoms with Crippen molar-refractivity contribution in [3.63, 3.8) is 0 Å². The summed E-state index contributed by atoms with van der Waals surface area (Å²) in [5.41, 5.74) is 0. The molecule has 2 N–H and O–H groups in total. The van der Waals surface area contributed by atoms with Crippen molar-refractivity contribution in [1.29, 1.82) is 5.41 Å². The molecule has 0 saturated carbocycles. The van der Waals surface area contributed by atoms with Crippen molar-refractivity contribution in [3.8, 4) is 0 Å². The van der Waals surface area contributed by atoms with E-state index < -0.39 is 0 Å². The van der Waals surface area contributed by atoms with E-state index in [0.29, 0.717) is 6.61 Å². The minimum atomic E-state index is 0.319. The highest BCUT2D eigenvalue weighted by Gasteiger charge is 1.57. The minimum absolute atomic E-state index is 0.319. The van der Waals surface area contributed by atoms with Gasteiger partial charge in [-0.25, -0.2) is 10.2 Å². The van der Waals surface area contributed by atoms with E-state index in [1.165, 1.54) is 0 Å². The zero-order valence-electron chi connectivity index (χ0n) is 4.27. The van der Waals surface area contributed by atoms with Crippen molar-refractivity contribution in [3.05, 3.63) is 0 Å². The Kier molecular flexibility index (Phi) is 25.2. The molecule has 0 aromatic carbocycles. The van der Waals surface area contributed by atoms with Crippen molar-refractivity contribution in [2.75, 3.05) is 6.61 Å². The van der Waals surface area contributed by atoms with Crippen molar-refractivity contribution < 1.29 is 9.90 Å². The summed E-state index contributed by atoms with van der Waals surface area (Å²) in [5.74, 6) is 0. The summed E-state index contributed by atoms with van der Waals surface area (Å²) in [5, 5.41) is 13.3. The maximum absolute atomic E-state index is 8.35. The third-order valence-corrected chi connectivity index (χ3v) is 0.224. The van der Waals surface area contributed by atoms with E-state index in [1.807, 2.05) is 6.92 Å². The highest BCUT2D eigenvalue weighted by atomic mass is 16.2. The van der Waals surface area contributed by atoms with Crippen molar-refractivity contribution in [2.45, 2.75) is 13.3 Å². The zero-order valence-corrected chi connectivity index (χ0v) is 4.27. The average Bonchev–Trinajstić information content (AvgIpc) is 1.69. The zero-order chi connectivity index (χ0) is 6.12. The van der Waals surface area contributed by atoms with Crippen molar-refractivity contribution in [2.24, 2.45) is 0 Å². The fraction of sp³-hybridized carbons (Fsp3) is 0.750. The third kappa shape index (κ3) is 515. The standard InChI is InChI=1S/C3H8O.CHNO/c1-2-3-4;2-1-3/h4H,2-3H2,1H3;2H. The van der Waals surface area contributed by atoms with Gasteiger partial charge < -0.3 is 5.11 Å². The molecular weight excluding hydrogens is 94.0 g/mol. The first kappa shape index (κ1) is 9.60. The quantitative estimate of drug-likeness (QED) is 0.370. The number of hydrogen-bond donors (Lipinski definition) is 2. The molecule has 0 atom stereocenters. The van der Waals surface area contributed by atoms with E-state index >= 15 is 0 Å². The lowest BCUT2D eigenvalue weighted by Gasteiger charge is -1.69. The van der Waals surface area contributed by atoms with Gasteiger partial charge in [-0.15, -0.1) is 0 Å². The van der Waals surface area contributed by atoms with Crippen LogP contribution >= 0.6 is 0 Å². The molecule has 0 saturated heterocycles. The Labute approximate surface area is 42.5 Å². The number of aliphatic hydroxyl groups excluding tert-OH is 1. The predicted molar refractivity (Wildman–Crippen MR) is 25.8 cm³/mol. The molecule has 0 fully saturated rings. The minimum Gasteiger partial charge on any atom is -0.396 e. The Morgan fingerprint density at radius 2 is 2.00 bits per heavy atom. The molecule has 0 heterocycles. The van der Waals surface area contributed by atoms with Crippen LogP contribution in [0.25, 0.3) is 0 Å². The van der Waals surface area contributed by atoms with Crippen LogP contribution in [0, 0.1) is 5.41 Å². The topological polar surface area (TPSA) is 61.1 Å². The largest absolute Gasteiger partial charge is 0.396 e. The van der Waals surface area contributed by atoms with Gasteiger partial charge in [0.05, 0.1) is 0 Å². The number of rotatable bonds is 1. The average molecular weight is 103 g/mol. The normalized spacial score (nSPS) is 5.43. The molecule has 3 heteroatoms. The van der Waals surface area contributed by atoms with E-state index in [1.54, 1.807) is 0 Å². The van der Waals surface area contributed by atoms with Crippen LogP contribution in [0.4, 0.5) is 0 Å². The predicted octanol–water partition coefficient (Wildman–Crippen LogP) is 0.290. The number of hydrogen-bond acceptors (Lipinski definition) is 3. The van der Waals surface area contributed by atoms with Gasteiger partial charge in [0.15, 0.2) is 0 Å². The van der Waals surface area contributed by atoms with Crippen LogP contribution in [0.15, 0.2) is 0 Å². The summed E-state index contributed by atoms with van der Waals surface area (Å²) in [6.45, 7) is 2.25. The van der Waals surface area contributed by atoms with Crippen molar-refractivity contribution in [1.82, 2.24) is 0 Å². The number of isocyanates is 1. The Morgan fingerprint density at radius 3 is 2.00 bits per heavy atom. The fourth-order valence-corrected chi connectivity index (χ4v) is 0. The fourth-order valence-electron chi connectivity index (χ4n) is 0. The van der Waals surface area contributed by atoms with Gasteiger partial charge in [0.1, 0.15) is 0 Å². The molecule has 0 rings (SSSR count). The molecule has 0 spiro atoms. The Balaban J connectivity index is 0. The molecule has 0 aliphatic carbocycles. The number of carbonyl (C=O) groups excluding carboxylic acids is 1. The van der Waals surface area contributed by atoms with Gasteiger partial charge in [-0.1, -0.05) is 6.92 Å². The van der Waals surface area contributed by atoms with Gasteiger partial charge in [-0.2, -0.15) is 0 Å². The van der Waals surface area contributed by atoms with Crippen LogP contribution in [-0.4, -0.2) is 17.8 Å². The number of aliphatic hydroxyl groups is 1. The highest BCUT2D eigenvalue weighted by Crippen LogP contribution is 1.61. The summed E-state index contributed by atoms with van der Waals surface area (Å²) in [6.07, 6.45) is 1.62. The van der Waals surface area contributed by atoms with E-state index in [4.69, 9.17) is 15.3 Å². The summed E-state index contributed by atoms with van der Waals surface area (Å²) >= 11 is 0. The molecule has 42 valence electrons. The molecule has 0 aliphatic rings. The molecule has 0 aromatic heterocycles. The first-order chi connectivity index (χ1) is 3.33. The van der Waals surface area contributed by atoms with Gasteiger partial charge in [-0.05, 0) is 6.42 Å². The van der Waals surface area contributed by atoms with E-state index in [-0.39, 0.29) is 0 Å². The summed E-state index contributed by atoms with van der Waals surface area (Å²) in [7, 11) is 0. The monoisotopic (exact) mass is 103 g/mol. The lowest BCUT2D eigenvalue weighted by molar-refractivity contribution is 0.295. The third-order valence-electron chi connectivity index (χ3n) is 0.224. The molecule has 0 bridgehead atoms. The molecule has 0 aromatic rings. The second-order valence-electron chi connectivity index (χ2n) is 0.826. The van der Waals surface area contributed by atoms with Gasteiger partial charge in [0, 0.05) is 6.61 Å². The first-order valence-corrected chi connectivity index (χ1v) is 1.98. The second-order valence-corrected chi connectivity index (χ2v) is 0.826. The molecule has 0 aliphatic heterocycles. The Morgan fingerprint density at radius 1 is 1.86 bits per heavy atom. The van der Waals surface area contributed by atoms with Gasteiger partial charge >= 0.3 is 0 Å². The van der Waals surface area contributed by atoms with E-state index in [2.05, 4.69) is 0 Å². The second kappa shape index (κ2) is 18.4. The lowest BCUT2D eigenvalue weighted by atomic mass is 10.5. The summed E-state index contributed by atoms with van der Waals surface area (Å²) in [6, 6.07) is 0. The van der Waals surface area contributed by atoms with Gasteiger partial charge in [0.25, 0.3) is 0 Å². The van der Waals surface area contributed by atoms with Crippen LogP contribution in [0.3, 0.4) is 0 Å². The Bertz CT molecular complexity index is 45.7. The van der Waals surface area contributed by atoms with E-state index in [0.717, 1.165) is 12.5 Å². The van der Waals surface area contributed by atoms with E-state index in [9.17, 15) is 0 Å². The van der Waals surface area contributed by atoms with Gasteiger partial charge in [-0.3, -0.25) is 0 Å². The van der Waals surface area contributed by atoms with Crippen LogP contribution in [0.5, 0.6) is 0 Å². The maximum atomic E-state index is 8.35. The van der Waals surface area contributed by atoms with Crippen LogP contribution < -0.4 is 0 Å². The molecule has 0 amide bonds. The maximum Gasteiger partial charge on any atom is 0.231 e. The lowest BCUT2D eigenvalue weighted by Crippen LogP contribution is -1.69. The molecule has 0 radical (unpaired) electrons. The van der Waals surface area contributed by atoms with Gasteiger partial charge in [0.2, 0.25) is 6.08 Å². The first-order valence-electron chi connectivity index (χ1n) is 1.98. The van der Waals surface area contributed by atoms with Crippen LogP contribution in [-0.2, 0) is 4.79 Å². The molecule has 7 heavy (non-hydrogen) atoms. The van der Waals surface area contributed by atoms with Crippen LogP contribution in [0.2, 0.25) is 0 Å². The molecule has 3 nitrogen and oxygen atoms in total. The summed E-state index contributed by atoms with van der Waals surface area (Å²) in [4.78, 5) is 8.35.